The van der Waals surface area contributed by atoms with Gasteiger partial charge in [0.2, 0.25) is 21.8 Å². The lowest BCUT2D eigenvalue weighted by molar-refractivity contribution is -0.141. The number of allylic oxidation sites excluding steroid dienone is 1. The number of ether oxygens (including phenoxy) is 3. The Balaban J connectivity index is 1.27. The van der Waals surface area contributed by atoms with Gasteiger partial charge in [0.05, 0.1) is 29.6 Å². The van der Waals surface area contributed by atoms with Crippen molar-refractivity contribution < 1.29 is 46.2 Å². The number of methoxy groups -OCH3 is 1. The molecule has 14 nitrogen and oxygen atoms in total. The van der Waals surface area contributed by atoms with E-state index in [0.29, 0.717) is 60.0 Å². The number of rotatable bonds is 6. The average Bonchev–Trinajstić information content (AvgIpc) is 4.03. The van der Waals surface area contributed by atoms with Crippen LogP contribution in [0.3, 0.4) is 0 Å². The third-order valence-corrected chi connectivity index (χ3v) is 14.2. The fraction of sp³-hybridized carbons (Fsp3) is 0.634. The summed E-state index contributed by atoms with van der Waals surface area (Å²) in [4.78, 5) is 62.7. The van der Waals surface area contributed by atoms with Crippen molar-refractivity contribution in [1.82, 2.24) is 25.2 Å². The van der Waals surface area contributed by atoms with Crippen LogP contribution in [0.4, 0.5) is 9.18 Å². The summed E-state index contributed by atoms with van der Waals surface area (Å²) in [6.45, 7) is 8.38. The highest BCUT2D eigenvalue weighted by Gasteiger charge is 2.64. The standard InChI is InChI=1S/C41H54FN5O9S/c1-7-28-33-32(26-19-25(54-6)15-16-29(26)43-28)27(42)21-40(55-33)22-31-34(48)45-41(36(50)46-57(52,53)39(5)17-18-39)20-24(41)13-11-9-8-10-12-14-30(35(49)47(31)23-40)44-37(51)56-38(2,3)4/h11,13,15-16,19,24,27,30-31H,7-10,12,14,17-18,20-23H2,1-6H3,(H,44,51)(H,45,48)(H,46,50)/b13-11-/t24-,27-,30+,31?,40-,41-/m1/s1. The van der Waals surface area contributed by atoms with Crippen LogP contribution in [0.1, 0.15) is 116 Å². The molecule has 310 valence electrons. The molecule has 5 aliphatic rings. The van der Waals surface area contributed by atoms with Crippen molar-refractivity contribution in [2.75, 3.05) is 13.7 Å². The normalized spacial score (nSPS) is 30.3. The Labute approximate surface area is 333 Å². The van der Waals surface area contributed by atoms with Gasteiger partial charge in [-0.25, -0.2) is 22.6 Å². The van der Waals surface area contributed by atoms with E-state index in [2.05, 4.69) is 15.4 Å². The summed E-state index contributed by atoms with van der Waals surface area (Å²) in [6, 6.07) is 2.86. The van der Waals surface area contributed by atoms with E-state index in [1.807, 2.05) is 19.1 Å². The van der Waals surface area contributed by atoms with E-state index in [9.17, 15) is 27.6 Å². The summed E-state index contributed by atoms with van der Waals surface area (Å²) in [5.41, 5.74) is -2.43. The SMILES string of the molecule is CCc1nc2ccc(OC)cc2c2c1O[C@@]1(CC3C(=O)N[C@]4(C(=O)NS(=O)(=O)C5(C)CC5)C[C@H]4/C=C\CCCCC[C@H](NC(=O)OC(C)(C)C)C(=O)N3C1)C[C@H]2F. The number of nitrogens with zero attached hydrogens (tertiary/aromatic N) is 2. The van der Waals surface area contributed by atoms with E-state index in [1.165, 1.54) is 12.0 Å². The van der Waals surface area contributed by atoms with Crippen molar-refractivity contribution >= 4 is 44.7 Å². The van der Waals surface area contributed by atoms with Gasteiger partial charge in [0.25, 0.3) is 5.91 Å². The maximum Gasteiger partial charge on any atom is 0.408 e. The highest BCUT2D eigenvalue weighted by molar-refractivity contribution is 7.91. The van der Waals surface area contributed by atoms with Gasteiger partial charge in [-0.3, -0.25) is 19.1 Å². The minimum absolute atomic E-state index is 0.141. The molecule has 1 unspecified atom stereocenters. The number of carbonyl (C=O) groups is 4. The number of hydrogen-bond acceptors (Lipinski definition) is 10. The molecule has 1 spiro atoms. The molecule has 16 heteroatoms. The zero-order valence-electron chi connectivity index (χ0n) is 33.5. The van der Waals surface area contributed by atoms with Crippen molar-refractivity contribution in [3.05, 3.63) is 41.6 Å². The predicted molar refractivity (Wildman–Crippen MR) is 209 cm³/mol. The lowest BCUT2D eigenvalue weighted by Gasteiger charge is -2.38. The number of nitrogens with one attached hydrogen (secondary N) is 3. The topological polar surface area (TPSA) is 182 Å². The largest absolute Gasteiger partial charge is 0.497 e. The molecule has 2 saturated carbocycles. The van der Waals surface area contributed by atoms with E-state index in [1.54, 1.807) is 45.9 Å². The summed E-state index contributed by atoms with van der Waals surface area (Å²) in [6.07, 6.45) is 5.38. The molecule has 1 saturated heterocycles. The second kappa shape index (κ2) is 14.7. The first-order chi connectivity index (χ1) is 26.8. The molecule has 1 aromatic carbocycles. The summed E-state index contributed by atoms with van der Waals surface area (Å²) in [5.74, 6) is -1.86. The van der Waals surface area contributed by atoms with E-state index in [-0.39, 0.29) is 38.0 Å². The highest BCUT2D eigenvalue weighted by Crippen LogP contribution is 2.52. The molecule has 0 bridgehead atoms. The molecule has 1 aromatic heterocycles. The number of aryl methyl sites for hydroxylation is 1. The van der Waals surface area contributed by atoms with E-state index >= 15 is 4.39 Å². The average molecular weight is 812 g/mol. The van der Waals surface area contributed by atoms with E-state index < -0.39 is 79.5 Å². The zero-order valence-corrected chi connectivity index (χ0v) is 34.4. The number of benzene rings is 1. The van der Waals surface area contributed by atoms with Crippen LogP contribution in [0.5, 0.6) is 11.5 Å². The van der Waals surface area contributed by atoms with Gasteiger partial charge in [0, 0.05) is 29.7 Å². The van der Waals surface area contributed by atoms with Gasteiger partial charge in [0.15, 0.2) is 0 Å². The van der Waals surface area contributed by atoms with Crippen molar-refractivity contribution in [2.24, 2.45) is 5.92 Å². The third-order valence-electron chi connectivity index (χ3n) is 12.1. The van der Waals surface area contributed by atoms with Gasteiger partial charge >= 0.3 is 6.09 Å². The molecule has 2 aliphatic carbocycles. The highest BCUT2D eigenvalue weighted by atomic mass is 32.2. The minimum atomic E-state index is -4.04. The lowest BCUT2D eigenvalue weighted by Crippen LogP contribution is -2.58. The number of alkyl halides is 1. The van der Waals surface area contributed by atoms with Crippen molar-refractivity contribution in [3.8, 4) is 11.5 Å². The second-order valence-electron chi connectivity index (χ2n) is 17.6. The first kappa shape index (κ1) is 40.7. The second-order valence-corrected chi connectivity index (χ2v) is 19.8. The first-order valence-corrected chi connectivity index (χ1v) is 21.5. The van der Waals surface area contributed by atoms with Gasteiger partial charge in [-0.15, -0.1) is 0 Å². The number of amides is 4. The third kappa shape index (κ3) is 7.90. The first-order valence-electron chi connectivity index (χ1n) is 20.0. The molecule has 4 amide bonds. The monoisotopic (exact) mass is 811 g/mol. The summed E-state index contributed by atoms with van der Waals surface area (Å²) < 4.78 is 62.3. The number of sulfonamides is 1. The molecule has 3 N–H and O–H groups in total. The fourth-order valence-corrected chi connectivity index (χ4v) is 9.75. The van der Waals surface area contributed by atoms with Crippen molar-refractivity contribution in [3.63, 3.8) is 0 Å². The van der Waals surface area contributed by atoms with Gasteiger partial charge < -0.3 is 29.7 Å². The van der Waals surface area contributed by atoms with Crippen LogP contribution in [-0.4, -0.2) is 89.3 Å². The number of aromatic nitrogens is 1. The number of hydrogen-bond donors (Lipinski definition) is 3. The Morgan fingerprint density at radius 3 is 2.56 bits per heavy atom. The number of carbonyl (C=O) groups excluding carboxylic acids is 4. The summed E-state index contributed by atoms with van der Waals surface area (Å²) in [7, 11) is -2.52. The van der Waals surface area contributed by atoms with Gasteiger partial charge in [-0.05, 0) is 90.8 Å². The van der Waals surface area contributed by atoms with Gasteiger partial charge in [-0.1, -0.05) is 31.9 Å². The number of pyridine rings is 1. The molecular weight excluding hydrogens is 758 g/mol. The Kier molecular flexibility index (Phi) is 10.5. The van der Waals surface area contributed by atoms with Crippen LogP contribution in [0.2, 0.25) is 0 Å². The van der Waals surface area contributed by atoms with Crippen LogP contribution in [0.25, 0.3) is 10.9 Å². The molecule has 3 fully saturated rings. The maximum absolute atomic E-state index is 16.9. The van der Waals surface area contributed by atoms with Gasteiger partial charge in [0.1, 0.15) is 46.5 Å². The predicted octanol–water partition coefficient (Wildman–Crippen LogP) is 5.23. The van der Waals surface area contributed by atoms with Crippen molar-refractivity contribution in [2.45, 2.75) is 145 Å². The van der Waals surface area contributed by atoms with Crippen LogP contribution in [0, 0.1) is 5.92 Å². The van der Waals surface area contributed by atoms with E-state index in [0.717, 1.165) is 12.8 Å². The maximum atomic E-state index is 16.9. The molecule has 7 rings (SSSR count). The summed E-state index contributed by atoms with van der Waals surface area (Å²) >= 11 is 0. The molecule has 6 atom stereocenters. The van der Waals surface area contributed by atoms with Crippen LogP contribution >= 0.6 is 0 Å². The Bertz CT molecular complexity index is 2120. The Hall–Kier alpha value is -4.47. The molecule has 4 heterocycles. The Morgan fingerprint density at radius 1 is 1.12 bits per heavy atom. The number of fused-ring (bicyclic) bond motifs is 5. The molecule has 3 aliphatic heterocycles. The lowest BCUT2D eigenvalue weighted by atomic mass is 9.85. The number of halogens is 1. The quantitative estimate of drug-likeness (QED) is 0.327. The molecular formula is C41H54FN5O9S. The number of alkyl carbamates (subject to hydrolysis) is 1. The summed E-state index contributed by atoms with van der Waals surface area (Å²) in [5, 5.41) is 6.14. The van der Waals surface area contributed by atoms with Gasteiger partial charge in [-0.2, -0.15) is 0 Å². The van der Waals surface area contributed by atoms with Crippen molar-refractivity contribution in [1.29, 1.82) is 0 Å². The van der Waals surface area contributed by atoms with Crippen LogP contribution < -0.4 is 24.8 Å². The molecule has 2 aromatic rings. The fourth-order valence-electron chi connectivity index (χ4n) is 8.44. The smallest absolute Gasteiger partial charge is 0.408 e. The Morgan fingerprint density at radius 2 is 1.88 bits per heavy atom. The molecule has 57 heavy (non-hydrogen) atoms. The van der Waals surface area contributed by atoms with Crippen LogP contribution in [-0.2, 0) is 35.6 Å². The minimum Gasteiger partial charge on any atom is -0.497 e. The zero-order chi connectivity index (χ0) is 41.1. The van der Waals surface area contributed by atoms with E-state index in [4.69, 9.17) is 19.2 Å². The van der Waals surface area contributed by atoms with Crippen LogP contribution in [0.15, 0.2) is 30.4 Å². The molecule has 0 radical (unpaired) electrons.